The van der Waals surface area contributed by atoms with E-state index in [2.05, 4.69) is 10.3 Å². The van der Waals surface area contributed by atoms with E-state index in [1.807, 2.05) is 0 Å². The largest absolute Gasteiger partial charge is 0.481 e. The molecule has 1 aromatic heterocycles. The smallest absolute Gasteiger partial charge is 0.329 e. The zero-order valence-corrected chi connectivity index (χ0v) is 17.4. The Hall–Kier alpha value is -2.93. The van der Waals surface area contributed by atoms with Crippen molar-refractivity contribution in [1.29, 1.82) is 0 Å². The van der Waals surface area contributed by atoms with Gasteiger partial charge in [-0.15, -0.1) is 0 Å². The van der Waals surface area contributed by atoms with Gasteiger partial charge in [0, 0.05) is 17.3 Å². The summed E-state index contributed by atoms with van der Waals surface area (Å²) in [5.74, 6) is -1.24. The number of carbonyl (C=O) groups is 3. The standard InChI is InChI=1S/C22H23ClN2O5/c1-30-20-17(14-6-7-15(13-26)18(23)11-14)10-16(12-24-20)19(27)25-22(21(28)29)8-4-2-3-5-9-22/h6-7,10-13H,2-5,8-9H2,1H3,(H,25,27)(H,28,29). The minimum absolute atomic E-state index is 0.214. The summed E-state index contributed by atoms with van der Waals surface area (Å²) in [4.78, 5) is 40.2. The van der Waals surface area contributed by atoms with Gasteiger partial charge >= 0.3 is 5.97 Å². The van der Waals surface area contributed by atoms with Crippen LogP contribution in [-0.2, 0) is 4.79 Å². The van der Waals surface area contributed by atoms with Gasteiger partial charge in [-0.2, -0.15) is 0 Å². The van der Waals surface area contributed by atoms with Crippen molar-refractivity contribution in [3.8, 4) is 17.0 Å². The third-order valence-corrected chi connectivity index (χ3v) is 5.79. The number of nitrogens with zero attached hydrogens (tertiary/aromatic N) is 1. The molecule has 0 unspecified atom stereocenters. The van der Waals surface area contributed by atoms with E-state index >= 15 is 0 Å². The summed E-state index contributed by atoms with van der Waals surface area (Å²) < 4.78 is 5.31. The molecule has 1 aliphatic carbocycles. The normalized spacial score (nSPS) is 15.7. The van der Waals surface area contributed by atoms with Gasteiger partial charge in [-0.1, -0.05) is 43.4 Å². The zero-order chi connectivity index (χ0) is 21.7. The fourth-order valence-electron chi connectivity index (χ4n) is 3.75. The van der Waals surface area contributed by atoms with Crippen LogP contribution < -0.4 is 10.1 Å². The number of carboxylic acid groups (broad SMARTS) is 1. The Morgan fingerprint density at radius 1 is 1.20 bits per heavy atom. The Kier molecular flexibility index (Phi) is 6.72. The van der Waals surface area contributed by atoms with Crippen LogP contribution in [0.2, 0.25) is 5.02 Å². The van der Waals surface area contributed by atoms with Crippen LogP contribution in [0.15, 0.2) is 30.5 Å². The van der Waals surface area contributed by atoms with Crippen molar-refractivity contribution in [3.05, 3.63) is 46.6 Å². The van der Waals surface area contributed by atoms with E-state index in [4.69, 9.17) is 16.3 Å². The molecule has 8 heteroatoms. The van der Waals surface area contributed by atoms with Gasteiger partial charge in [-0.25, -0.2) is 9.78 Å². The highest BCUT2D eigenvalue weighted by Gasteiger charge is 2.40. The SMILES string of the molecule is COc1ncc(C(=O)NC2(C(=O)O)CCCCCC2)cc1-c1ccc(C=O)c(Cl)c1. The van der Waals surface area contributed by atoms with E-state index in [-0.39, 0.29) is 16.5 Å². The van der Waals surface area contributed by atoms with Crippen molar-refractivity contribution in [3.63, 3.8) is 0 Å². The summed E-state index contributed by atoms with van der Waals surface area (Å²) in [6.45, 7) is 0. The monoisotopic (exact) mass is 430 g/mol. The first-order chi connectivity index (χ1) is 14.4. The first kappa shape index (κ1) is 21.8. The maximum Gasteiger partial charge on any atom is 0.329 e. The van der Waals surface area contributed by atoms with Crippen LogP contribution in [0.4, 0.5) is 0 Å². The lowest BCUT2D eigenvalue weighted by molar-refractivity contribution is -0.145. The van der Waals surface area contributed by atoms with Crippen LogP contribution in [0, 0.1) is 0 Å². The van der Waals surface area contributed by atoms with Gasteiger partial charge in [0.05, 0.1) is 17.7 Å². The predicted molar refractivity (Wildman–Crippen MR) is 112 cm³/mol. The molecule has 1 aromatic carbocycles. The lowest BCUT2D eigenvalue weighted by Gasteiger charge is -2.29. The molecule has 0 bridgehead atoms. The average Bonchev–Trinajstić information content (AvgIpc) is 2.99. The molecular weight excluding hydrogens is 408 g/mol. The number of aromatic nitrogens is 1. The average molecular weight is 431 g/mol. The Balaban J connectivity index is 1.95. The summed E-state index contributed by atoms with van der Waals surface area (Å²) in [6, 6.07) is 6.43. The highest BCUT2D eigenvalue weighted by atomic mass is 35.5. The van der Waals surface area contributed by atoms with Crippen LogP contribution in [0.5, 0.6) is 5.88 Å². The molecule has 1 fully saturated rings. The Morgan fingerprint density at radius 2 is 1.90 bits per heavy atom. The molecule has 30 heavy (non-hydrogen) atoms. The maximum absolute atomic E-state index is 13.0. The van der Waals surface area contributed by atoms with E-state index in [1.54, 1.807) is 24.3 Å². The number of halogens is 1. The fraction of sp³-hybridized carbons (Fsp3) is 0.364. The molecular formula is C22H23ClN2O5. The van der Waals surface area contributed by atoms with E-state index < -0.39 is 17.4 Å². The van der Waals surface area contributed by atoms with E-state index in [9.17, 15) is 19.5 Å². The number of carboxylic acids is 1. The number of aldehydes is 1. The topological polar surface area (TPSA) is 106 Å². The number of hydrogen-bond acceptors (Lipinski definition) is 5. The van der Waals surface area contributed by atoms with Crippen molar-refractivity contribution in [1.82, 2.24) is 10.3 Å². The van der Waals surface area contributed by atoms with Crippen molar-refractivity contribution >= 4 is 29.8 Å². The van der Waals surface area contributed by atoms with Gasteiger partial charge in [0.2, 0.25) is 5.88 Å². The van der Waals surface area contributed by atoms with Gasteiger partial charge in [-0.05, 0) is 36.6 Å². The molecule has 0 radical (unpaired) electrons. The van der Waals surface area contributed by atoms with Crippen molar-refractivity contribution in [2.24, 2.45) is 0 Å². The van der Waals surface area contributed by atoms with Gasteiger partial charge in [0.1, 0.15) is 5.54 Å². The number of pyridine rings is 1. The molecule has 158 valence electrons. The quantitative estimate of drug-likeness (QED) is 0.527. The molecule has 0 spiro atoms. The predicted octanol–water partition coefficient (Wildman–Crippen LogP) is 4.13. The zero-order valence-electron chi connectivity index (χ0n) is 16.6. The molecule has 3 rings (SSSR count). The second-order valence-corrected chi connectivity index (χ2v) is 7.80. The Labute approximate surface area is 179 Å². The number of rotatable bonds is 6. The number of methoxy groups -OCH3 is 1. The number of carbonyl (C=O) groups excluding carboxylic acids is 2. The molecule has 1 aliphatic rings. The van der Waals surface area contributed by atoms with E-state index in [0.717, 1.165) is 25.7 Å². The third-order valence-electron chi connectivity index (χ3n) is 5.46. The van der Waals surface area contributed by atoms with Crippen LogP contribution in [-0.4, -0.2) is 40.9 Å². The number of hydrogen-bond donors (Lipinski definition) is 2. The Morgan fingerprint density at radius 3 is 2.47 bits per heavy atom. The first-order valence-electron chi connectivity index (χ1n) is 9.75. The molecule has 0 saturated heterocycles. The van der Waals surface area contributed by atoms with Crippen LogP contribution >= 0.6 is 11.6 Å². The van der Waals surface area contributed by atoms with Gasteiger partial charge in [0.15, 0.2) is 6.29 Å². The van der Waals surface area contributed by atoms with E-state index in [1.165, 1.54) is 13.3 Å². The highest BCUT2D eigenvalue weighted by Crippen LogP contribution is 2.32. The molecule has 1 amide bonds. The maximum atomic E-state index is 13.0. The fourth-order valence-corrected chi connectivity index (χ4v) is 3.98. The van der Waals surface area contributed by atoms with Crippen molar-refractivity contribution in [2.45, 2.75) is 44.1 Å². The highest BCUT2D eigenvalue weighted by molar-refractivity contribution is 6.33. The summed E-state index contributed by atoms with van der Waals surface area (Å²) in [5.41, 5.74) is 0.411. The van der Waals surface area contributed by atoms with Crippen molar-refractivity contribution < 1.29 is 24.2 Å². The van der Waals surface area contributed by atoms with E-state index in [0.29, 0.717) is 35.8 Å². The van der Waals surface area contributed by atoms with Crippen LogP contribution in [0.3, 0.4) is 0 Å². The minimum Gasteiger partial charge on any atom is -0.481 e. The molecule has 7 nitrogen and oxygen atoms in total. The lowest BCUT2D eigenvalue weighted by atomic mass is 9.89. The number of ether oxygens (including phenoxy) is 1. The molecule has 1 heterocycles. The molecule has 0 atom stereocenters. The number of benzene rings is 1. The number of aliphatic carboxylic acids is 1. The third kappa shape index (κ3) is 4.46. The van der Waals surface area contributed by atoms with Crippen molar-refractivity contribution in [2.75, 3.05) is 7.11 Å². The molecule has 0 aliphatic heterocycles. The molecule has 2 aromatic rings. The minimum atomic E-state index is -1.28. The summed E-state index contributed by atoms with van der Waals surface area (Å²) >= 11 is 6.14. The number of amides is 1. The van der Waals surface area contributed by atoms with Crippen LogP contribution in [0.1, 0.15) is 59.2 Å². The second kappa shape index (κ2) is 9.26. The summed E-state index contributed by atoms with van der Waals surface area (Å²) in [6.07, 6.45) is 6.21. The van der Waals surface area contributed by atoms with Gasteiger partial charge in [-0.3, -0.25) is 9.59 Å². The summed E-state index contributed by atoms with van der Waals surface area (Å²) in [5, 5.41) is 12.8. The Bertz CT molecular complexity index is 968. The molecule has 1 saturated carbocycles. The first-order valence-corrected chi connectivity index (χ1v) is 10.1. The lowest BCUT2D eigenvalue weighted by Crippen LogP contribution is -2.54. The number of nitrogens with one attached hydrogen (secondary N) is 1. The molecule has 2 N–H and O–H groups in total. The van der Waals surface area contributed by atoms with Crippen LogP contribution in [0.25, 0.3) is 11.1 Å². The summed E-state index contributed by atoms with van der Waals surface area (Å²) in [7, 11) is 1.46. The van der Waals surface area contributed by atoms with Gasteiger partial charge in [0.25, 0.3) is 5.91 Å². The van der Waals surface area contributed by atoms with Gasteiger partial charge < -0.3 is 15.2 Å². The second-order valence-electron chi connectivity index (χ2n) is 7.39.